The maximum absolute atomic E-state index is 13.9. The van der Waals surface area contributed by atoms with Crippen LogP contribution in [0, 0.1) is 11.7 Å². The molecule has 1 fully saturated rings. The van der Waals surface area contributed by atoms with Crippen LogP contribution in [-0.4, -0.2) is 67.1 Å². The number of aliphatic hydroxyl groups is 1. The van der Waals surface area contributed by atoms with Crippen LogP contribution in [0.15, 0.2) is 66.7 Å². The van der Waals surface area contributed by atoms with E-state index in [1.54, 1.807) is 37.2 Å². The number of nitrogens with zero attached hydrogens (tertiary/aromatic N) is 3. The molecule has 0 radical (unpaired) electrons. The lowest BCUT2D eigenvalue weighted by Gasteiger charge is -2.44. The number of carbonyl (C=O) groups is 2. The lowest BCUT2D eigenvalue weighted by Crippen LogP contribution is -2.48. The molecule has 0 unspecified atom stereocenters. The Labute approximate surface area is 210 Å². The molecule has 3 aromatic rings. The van der Waals surface area contributed by atoms with Gasteiger partial charge in [-0.15, -0.1) is 0 Å². The number of benzene rings is 3. The molecule has 0 aromatic heterocycles. The van der Waals surface area contributed by atoms with E-state index in [0.29, 0.717) is 17.7 Å². The van der Waals surface area contributed by atoms with Gasteiger partial charge in [-0.2, -0.15) is 0 Å². The minimum Gasteiger partial charge on any atom is -0.394 e. The van der Waals surface area contributed by atoms with Crippen molar-refractivity contribution in [2.75, 3.05) is 39.2 Å². The summed E-state index contributed by atoms with van der Waals surface area (Å²) in [5, 5.41) is 10.2. The van der Waals surface area contributed by atoms with E-state index in [2.05, 4.69) is 11.0 Å². The van der Waals surface area contributed by atoms with Crippen LogP contribution in [0.5, 0.6) is 0 Å². The van der Waals surface area contributed by atoms with Gasteiger partial charge in [0.05, 0.1) is 18.7 Å². The van der Waals surface area contributed by atoms with Gasteiger partial charge in [0, 0.05) is 50.4 Å². The molecule has 186 valence electrons. The van der Waals surface area contributed by atoms with E-state index in [1.165, 1.54) is 12.1 Å². The van der Waals surface area contributed by atoms with E-state index in [-0.39, 0.29) is 36.4 Å². The largest absolute Gasteiger partial charge is 0.394 e. The standard InChI is InChI=1S/C29H30FN3O3/c1-31(2)28(35)20-7-4-6-18(14-20)19-10-11-25-24(16-19)27-23(26(17-34)32(25)3)12-13-33(27)29(36)21-8-5-9-22(30)15-21/h4-11,14-16,23,26-27,34H,12-13,17H2,1-3H3/t23-,26+,27-/m0/s1. The maximum atomic E-state index is 13.9. The number of likely N-dealkylation sites (tertiary alicyclic amines) is 1. The predicted octanol–water partition coefficient (Wildman–Crippen LogP) is 4.21. The normalized spacial score (nSPS) is 20.6. The highest BCUT2D eigenvalue weighted by atomic mass is 19.1. The number of rotatable bonds is 4. The van der Waals surface area contributed by atoms with Gasteiger partial charge in [-0.1, -0.05) is 24.3 Å². The van der Waals surface area contributed by atoms with Crippen molar-refractivity contribution in [3.63, 3.8) is 0 Å². The Kier molecular flexibility index (Phi) is 6.26. The van der Waals surface area contributed by atoms with Crippen molar-refractivity contribution in [2.24, 2.45) is 5.92 Å². The number of hydrogen-bond acceptors (Lipinski definition) is 4. The summed E-state index contributed by atoms with van der Waals surface area (Å²) >= 11 is 0. The Hall–Kier alpha value is -3.71. The quantitative estimate of drug-likeness (QED) is 0.599. The smallest absolute Gasteiger partial charge is 0.254 e. The molecule has 5 rings (SSSR count). The van der Waals surface area contributed by atoms with E-state index in [0.717, 1.165) is 28.8 Å². The molecule has 0 aliphatic carbocycles. The van der Waals surface area contributed by atoms with E-state index < -0.39 is 5.82 Å². The fourth-order valence-electron chi connectivity index (χ4n) is 5.74. The number of amides is 2. The van der Waals surface area contributed by atoms with E-state index >= 15 is 0 Å². The van der Waals surface area contributed by atoms with Crippen LogP contribution in [0.2, 0.25) is 0 Å². The van der Waals surface area contributed by atoms with Crippen molar-refractivity contribution in [1.82, 2.24) is 9.80 Å². The zero-order valence-electron chi connectivity index (χ0n) is 20.7. The highest BCUT2D eigenvalue weighted by Gasteiger charge is 2.47. The summed E-state index contributed by atoms with van der Waals surface area (Å²) in [7, 11) is 5.43. The molecule has 2 heterocycles. The second kappa shape index (κ2) is 9.39. The first-order chi connectivity index (χ1) is 17.3. The van der Waals surface area contributed by atoms with Crippen LogP contribution in [0.1, 0.15) is 38.7 Å². The zero-order chi connectivity index (χ0) is 25.6. The van der Waals surface area contributed by atoms with E-state index in [4.69, 9.17) is 0 Å². The lowest BCUT2D eigenvalue weighted by molar-refractivity contribution is 0.0693. The fraction of sp³-hybridized carbons (Fsp3) is 0.310. The summed E-state index contributed by atoms with van der Waals surface area (Å²) in [6, 6.07) is 19.1. The molecule has 0 spiro atoms. The predicted molar refractivity (Wildman–Crippen MR) is 137 cm³/mol. The maximum Gasteiger partial charge on any atom is 0.254 e. The average Bonchev–Trinajstić information content (AvgIpc) is 3.33. The molecule has 2 aliphatic rings. The molecule has 1 saturated heterocycles. The highest BCUT2D eigenvalue weighted by molar-refractivity contribution is 5.96. The van der Waals surface area contributed by atoms with Crippen LogP contribution in [-0.2, 0) is 0 Å². The second-order valence-corrected chi connectivity index (χ2v) is 9.82. The number of halogens is 1. The van der Waals surface area contributed by atoms with Crippen LogP contribution in [0.4, 0.5) is 10.1 Å². The molecule has 36 heavy (non-hydrogen) atoms. The molecule has 0 bridgehead atoms. The molecule has 7 heteroatoms. The number of aliphatic hydroxyl groups excluding tert-OH is 1. The number of likely N-dealkylation sites (N-methyl/N-ethyl adjacent to an activating group) is 1. The van der Waals surface area contributed by atoms with Gasteiger partial charge >= 0.3 is 0 Å². The first-order valence-corrected chi connectivity index (χ1v) is 12.2. The highest BCUT2D eigenvalue weighted by Crippen LogP contribution is 2.49. The molecule has 2 amide bonds. The first kappa shape index (κ1) is 24.0. The summed E-state index contributed by atoms with van der Waals surface area (Å²) in [4.78, 5) is 31.5. The fourth-order valence-corrected chi connectivity index (χ4v) is 5.74. The van der Waals surface area contributed by atoms with Crippen LogP contribution < -0.4 is 4.90 Å². The average molecular weight is 488 g/mol. The van der Waals surface area contributed by atoms with Crippen molar-refractivity contribution in [3.8, 4) is 11.1 Å². The molecule has 0 saturated carbocycles. The Morgan fingerprint density at radius 1 is 1.00 bits per heavy atom. The third-order valence-corrected chi connectivity index (χ3v) is 7.53. The van der Waals surface area contributed by atoms with Crippen LogP contribution in [0.3, 0.4) is 0 Å². The topological polar surface area (TPSA) is 64.1 Å². The van der Waals surface area contributed by atoms with Crippen LogP contribution in [0.25, 0.3) is 11.1 Å². The Morgan fingerprint density at radius 3 is 2.44 bits per heavy atom. The molecule has 2 aliphatic heterocycles. The molecular weight excluding hydrogens is 457 g/mol. The van der Waals surface area contributed by atoms with E-state index in [1.807, 2.05) is 42.3 Å². The number of hydrogen-bond donors (Lipinski definition) is 1. The molecule has 6 nitrogen and oxygen atoms in total. The third-order valence-electron chi connectivity index (χ3n) is 7.53. The number of anilines is 1. The van der Waals surface area contributed by atoms with Gasteiger partial charge in [0.25, 0.3) is 11.8 Å². The second-order valence-electron chi connectivity index (χ2n) is 9.82. The van der Waals surface area contributed by atoms with Crippen molar-refractivity contribution < 1.29 is 19.1 Å². The van der Waals surface area contributed by atoms with Gasteiger partial charge in [0.15, 0.2) is 0 Å². The van der Waals surface area contributed by atoms with Crippen molar-refractivity contribution in [3.05, 3.63) is 89.2 Å². The lowest BCUT2D eigenvalue weighted by atomic mass is 9.81. The summed E-state index contributed by atoms with van der Waals surface area (Å²) in [6.45, 7) is 0.515. The number of carbonyl (C=O) groups excluding carboxylic acids is 2. The summed E-state index contributed by atoms with van der Waals surface area (Å²) in [5.74, 6) is -0.675. The van der Waals surface area contributed by atoms with Gasteiger partial charge in [-0.3, -0.25) is 9.59 Å². The number of fused-ring (bicyclic) bond motifs is 3. The molecule has 3 aromatic carbocycles. The minimum atomic E-state index is -0.442. The zero-order valence-corrected chi connectivity index (χ0v) is 20.7. The van der Waals surface area contributed by atoms with Gasteiger partial charge in [0.2, 0.25) is 0 Å². The summed E-state index contributed by atoms with van der Waals surface area (Å²) < 4.78 is 13.9. The summed E-state index contributed by atoms with van der Waals surface area (Å²) in [5.41, 5.74) is 4.74. The Balaban J connectivity index is 1.59. The molecule has 1 N–H and O–H groups in total. The van der Waals surface area contributed by atoms with Gasteiger partial charge in [-0.25, -0.2) is 4.39 Å². The first-order valence-electron chi connectivity index (χ1n) is 12.2. The van der Waals surface area contributed by atoms with Gasteiger partial charge in [-0.05, 0) is 65.6 Å². The van der Waals surface area contributed by atoms with Crippen molar-refractivity contribution in [1.29, 1.82) is 0 Å². The Morgan fingerprint density at radius 2 is 1.72 bits per heavy atom. The monoisotopic (exact) mass is 487 g/mol. The Bertz CT molecular complexity index is 1320. The van der Waals surface area contributed by atoms with Crippen molar-refractivity contribution >= 4 is 17.5 Å². The minimum absolute atomic E-state index is 0.0183. The molecular formula is C29H30FN3O3. The van der Waals surface area contributed by atoms with Crippen molar-refractivity contribution in [2.45, 2.75) is 18.5 Å². The van der Waals surface area contributed by atoms with E-state index in [9.17, 15) is 19.1 Å². The summed E-state index contributed by atoms with van der Waals surface area (Å²) in [6.07, 6.45) is 0.748. The van der Waals surface area contributed by atoms with Gasteiger partial charge in [0.1, 0.15) is 5.82 Å². The SMILES string of the molecule is CN(C)C(=O)c1cccc(-c2ccc3c(c2)[C@@H]2[C@@H](CCN2C(=O)c2cccc(F)c2)[C@@H](CO)N3C)c1. The van der Waals surface area contributed by atoms with Gasteiger partial charge < -0.3 is 19.8 Å². The molecule has 3 atom stereocenters. The van der Waals surface area contributed by atoms with Crippen LogP contribution >= 0.6 is 0 Å². The third kappa shape index (κ3) is 4.03.